The number of carbonyl (C=O) groups excluding carboxylic acids is 2. The van der Waals surface area contributed by atoms with E-state index in [0.29, 0.717) is 19.5 Å². The van der Waals surface area contributed by atoms with Crippen LogP contribution in [0.5, 0.6) is 0 Å². The van der Waals surface area contributed by atoms with E-state index in [4.69, 9.17) is 0 Å². The quantitative estimate of drug-likeness (QED) is 0.819. The van der Waals surface area contributed by atoms with E-state index in [9.17, 15) is 9.59 Å². The Balaban J connectivity index is 1.73. The summed E-state index contributed by atoms with van der Waals surface area (Å²) >= 11 is 0. The van der Waals surface area contributed by atoms with E-state index < -0.39 is 11.8 Å². The van der Waals surface area contributed by atoms with Crippen LogP contribution in [0, 0.1) is 6.92 Å². The van der Waals surface area contributed by atoms with E-state index in [1.165, 1.54) is 0 Å². The predicted octanol–water partition coefficient (Wildman–Crippen LogP) is 1.37. The topological polar surface area (TPSA) is 71.1 Å². The number of hydrogen-bond donors (Lipinski definition) is 2. The van der Waals surface area contributed by atoms with Crippen LogP contribution in [0.25, 0.3) is 0 Å². The molecule has 0 bridgehead atoms. The van der Waals surface area contributed by atoms with Crippen molar-refractivity contribution in [3.63, 3.8) is 0 Å². The highest BCUT2D eigenvalue weighted by Gasteiger charge is 2.12. The number of aryl methyl sites for hydroxylation is 1. The molecule has 1 aromatic heterocycles. The third kappa shape index (κ3) is 4.70. The molecule has 2 N–H and O–H groups in total. The van der Waals surface area contributed by atoms with Crippen molar-refractivity contribution in [2.24, 2.45) is 0 Å². The number of rotatable bonds is 5. The lowest BCUT2D eigenvalue weighted by atomic mass is 10.1. The predicted molar refractivity (Wildman–Crippen MR) is 84.0 cm³/mol. The lowest BCUT2D eigenvalue weighted by Crippen LogP contribution is -2.40. The highest BCUT2D eigenvalue weighted by Crippen LogP contribution is 2.05. The van der Waals surface area contributed by atoms with Crippen molar-refractivity contribution in [3.05, 3.63) is 65.5 Å². The average molecular weight is 297 g/mol. The van der Waals surface area contributed by atoms with Crippen LogP contribution in [0.4, 0.5) is 0 Å². The first-order valence-corrected chi connectivity index (χ1v) is 7.17. The molecule has 5 heteroatoms. The van der Waals surface area contributed by atoms with Crippen molar-refractivity contribution in [2.45, 2.75) is 19.9 Å². The number of amides is 2. The van der Waals surface area contributed by atoms with Gasteiger partial charge in [-0.2, -0.15) is 0 Å². The SMILES string of the molecule is Cc1ccccc1CNC(=O)C(=O)NCCc1ccccn1. The summed E-state index contributed by atoms with van der Waals surface area (Å²) in [6.45, 7) is 2.70. The summed E-state index contributed by atoms with van der Waals surface area (Å²) < 4.78 is 0. The minimum Gasteiger partial charge on any atom is -0.347 e. The highest BCUT2D eigenvalue weighted by atomic mass is 16.2. The van der Waals surface area contributed by atoms with Crippen LogP contribution in [0.15, 0.2) is 48.7 Å². The fourth-order valence-electron chi connectivity index (χ4n) is 1.99. The fourth-order valence-corrected chi connectivity index (χ4v) is 1.99. The minimum absolute atomic E-state index is 0.346. The molecule has 0 aliphatic rings. The van der Waals surface area contributed by atoms with Gasteiger partial charge in [-0.25, -0.2) is 0 Å². The van der Waals surface area contributed by atoms with E-state index in [0.717, 1.165) is 16.8 Å². The Morgan fingerprint density at radius 2 is 1.73 bits per heavy atom. The molecule has 1 aromatic carbocycles. The van der Waals surface area contributed by atoms with Gasteiger partial charge in [0.25, 0.3) is 0 Å². The molecule has 0 saturated carbocycles. The zero-order chi connectivity index (χ0) is 15.8. The standard InChI is InChI=1S/C17H19N3O2/c1-13-6-2-3-7-14(13)12-20-17(22)16(21)19-11-9-15-8-4-5-10-18-15/h2-8,10H,9,11-12H2,1H3,(H,19,21)(H,20,22). The summed E-state index contributed by atoms with van der Waals surface area (Å²) in [6, 6.07) is 13.3. The van der Waals surface area contributed by atoms with E-state index >= 15 is 0 Å². The Labute approximate surface area is 129 Å². The largest absolute Gasteiger partial charge is 0.347 e. The van der Waals surface area contributed by atoms with E-state index in [2.05, 4.69) is 15.6 Å². The molecule has 0 radical (unpaired) electrons. The van der Waals surface area contributed by atoms with Gasteiger partial charge in [0.05, 0.1) is 0 Å². The van der Waals surface area contributed by atoms with Gasteiger partial charge in [0.15, 0.2) is 0 Å². The van der Waals surface area contributed by atoms with E-state index in [-0.39, 0.29) is 0 Å². The normalized spacial score (nSPS) is 10.0. The Kier molecular flexibility index (Phi) is 5.65. The maximum absolute atomic E-state index is 11.7. The number of aromatic nitrogens is 1. The van der Waals surface area contributed by atoms with Gasteiger partial charge in [-0.3, -0.25) is 14.6 Å². The first-order valence-electron chi connectivity index (χ1n) is 7.17. The van der Waals surface area contributed by atoms with Crippen LogP contribution in [0.1, 0.15) is 16.8 Å². The molecule has 0 aliphatic heterocycles. The minimum atomic E-state index is -0.621. The molecule has 0 fully saturated rings. The lowest BCUT2D eigenvalue weighted by molar-refractivity contribution is -0.139. The number of hydrogen-bond acceptors (Lipinski definition) is 3. The second kappa shape index (κ2) is 7.93. The van der Waals surface area contributed by atoms with Crippen molar-refractivity contribution >= 4 is 11.8 Å². The zero-order valence-electron chi connectivity index (χ0n) is 12.5. The number of pyridine rings is 1. The number of nitrogens with one attached hydrogen (secondary N) is 2. The molecule has 2 amide bonds. The van der Waals surface area contributed by atoms with Crippen molar-refractivity contribution in [1.82, 2.24) is 15.6 Å². The van der Waals surface area contributed by atoms with Crippen molar-refractivity contribution in [3.8, 4) is 0 Å². The van der Waals surface area contributed by atoms with Gasteiger partial charge in [0.2, 0.25) is 0 Å². The average Bonchev–Trinajstić information content (AvgIpc) is 2.54. The van der Waals surface area contributed by atoms with Crippen LogP contribution in [-0.4, -0.2) is 23.3 Å². The maximum atomic E-state index is 11.7. The van der Waals surface area contributed by atoms with Gasteiger partial charge in [-0.15, -0.1) is 0 Å². The van der Waals surface area contributed by atoms with Crippen LogP contribution < -0.4 is 10.6 Å². The molecule has 114 valence electrons. The lowest BCUT2D eigenvalue weighted by Gasteiger charge is -2.08. The third-order valence-electron chi connectivity index (χ3n) is 3.30. The molecule has 2 aromatic rings. The second-order valence-electron chi connectivity index (χ2n) is 4.94. The summed E-state index contributed by atoms with van der Waals surface area (Å²) in [5.74, 6) is -1.24. The number of benzene rings is 1. The zero-order valence-corrected chi connectivity index (χ0v) is 12.5. The molecule has 0 unspecified atom stereocenters. The molecule has 2 rings (SSSR count). The number of nitrogens with zero attached hydrogens (tertiary/aromatic N) is 1. The summed E-state index contributed by atoms with van der Waals surface area (Å²) in [5, 5.41) is 5.21. The van der Waals surface area contributed by atoms with Crippen molar-refractivity contribution in [2.75, 3.05) is 6.54 Å². The van der Waals surface area contributed by atoms with Gasteiger partial charge in [-0.05, 0) is 30.2 Å². The molecular formula is C17H19N3O2. The van der Waals surface area contributed by atoms with Crippen LogP contribution in [0.3, 0.4) is 0 Å². The highest BCUT2D eigenvalue weighted by molar-refractivity contribution is 6.35. The first kappa shape index (κ1) is 15.7. The van der Waals surface area contributed by atoms with Crippen LogP contribution in [-0.2, 0) is 22.6 Å². The molecular weight excluding hydrogens is 278 g/mol. The summed E-state index contributed by atoms with van der Waals surface area (Å²) in [5.41, 5.74) is 2.96. The summed E-state index contributed by atoms with van der Waals surface area (Å²) in [7, 11) is 0. The Morgan fingerprint density at radius 3 is 2.45 bits per heavy atom. The fraction of sp³-hybridized carbons (Fsp3) is 0.235. The van der Waals surface area contributed by atoms with Gasteiger partial charge < -0.3 is 10.6 Å². The molecule has 0 aliphatic carbocycles. The van der Waals surface area contributed by atoms with Crippen molar-refractivity contribution < 1.29 is 9.59 Å². The maximum Gasteiger partial charge on any atom is 0.309 e. The van der Waals surface area contributed by atoms with E-state index in [1.54, 1.807) is 6.20 Å². The summed E-state index contributed by atoms with van der Waals surface area (Å²) in [4.78, 5) is 27.6. The Bertz CT molecular complexity index is 641. The third-order valence-corrected chi connectivity index (χ3v) is 3.30. The Morgan fingerprint density at radius 1 is 1.00 bits per heavy atom. The Hall–Kier alpha value is -2.69. The van der Waals surface area contributed by atoms with Crippen LogP contribution >= 0.6 is 0 Å². The van der Waals surface area contributed by atoms with E-state index in [1.807, 2.05) is 49.4 Å². The first-order chi connectivity index (χ1) is 10.7. The number of carbonyl (C=O) groups is 2. The molecule has 0 spiro atoms. The molecule has 5 nitrogen and oxygen atoms in total. The summed E-state index contributed by atoms with van der Waals surface area (Å²) in [6.07, 6.45) is 2.30. The van der Waals surface area contributed by atoms with Gasteiger partial charge >= 0.3 is 11.8 Å². The van der Waals surface area contributed by atoms with Gasteiger partial charge in [0, 0.05) is 31.4 Å². The molecule has 22 heavy (non-hydrogen) atoms. The second-order valence-corrected chi connectivity index (χ2v) is 4.94. The van der Waals surface area contributed by atoms with Crippen molar-refractivity contribution in [1.29, 1.82) is 0 Å². The molecule has 0 atom stereocenters. The van der Waals surface area contributed by atoms with Gasteiger partial charge in [-0.1, -0.05) is 30.3 Å². The van der Waals surface area contributed by atoms with Crippen LogP contribution in [0.2, 0.25) is 0 Å². The monoisotopic (exact) mass is 297 g/mol. The van der Waals surface area contributed by atoms with Gasteiger partial charge in [0.1, 0.15) is 0 Å². The smallest absolute Gasteiger partial charge is 0.309 e. The molecule has 1 heterocycles. The molecule has 0 saturated heterocycles.